The van der Waals surface area contributed by atoms with Crippen LogP contribution in [-0.2, 0) is 0 Å². The number of hydrazone groups is 1. The van der Waals surface area contributed by atoms with Crippen LogP contribution in [0.1, 0.15) is 28.6 Å². The van der Waals surface area contributed by atoms with Crippen molar-refractivity contribution >= 4 is 33.5 Å². The lowest BCUT2D eigenvalue weighted by molar-refractivity contribution is 0.414. The van der Waals surface area contributed by atoms with E-state index in [0.29, 0.717) is 0 Å². The highest BCUT2D eigenvalue weighted by molar-refractivity contribution is 7.13. The summed E-state index contributed by atoms with van der Waals surface area (Å²) in [5.41, 5.74) is 3.38. The van der Waals surface area contributed by atoms with Gasteiger partial charge in [0, 0.05) is 11.8 Å². The van der Waals surface area contributed by atoms with Gasteiger partial charge < -0.3 is 4.74 Å². The molecule has 0 fully saturated rings. The highest BCUT2D eigenvalue weighted by atomic mass is 32.1. The van der Waals surface area contributed by atoms with Crippen LogP contribution < -0.4 is 9.75 Å². The first-order valence-electron chi connectivity index (χ1n) is 7.71. The lowest BCUT2D eigenvalue weighted by Gasteiger charge is -2.21. The number of methoxy groups -OCH3 is 1. The zero-order valence-electron chi connectivity index (χ0n) is 13.5. The van der Waals surface area contributed by atoms with Crippen molar-refractivity contribution in [1.29, 1.82) is 0 Å². The maximum Gasteiger partial charge on any atom is 0.206 e. The minimum Gasteiger partial charge on any atom is -0.497 e. The molecule has 1 aliphatic heterocycles. The Morgan fingerprint density at radius 2 is 2.00 bits per heavy atom. The van der Waals surface area contributed by atoms with Crippen LogP contribution in [0.15, 0.2) is 52.3 Å². The van der Waals surface area contributed by atoms with E-state index in [4.69, 9.17) is 9.84 Å². The number of rotatable bonds is 4. The van der Waals surface area contributed by atoms with Gasteiger partial charge in [0.25, 0.3) is 0 Å². The number of aromatic nitrogens is 1. The van der Waals surface area contributed by atoms with Crippen LogP contribution in [0.3, 0.4) is 0 Å². The van der Waals surface area contributed by atoms with Gasteiger partial charge in [0.15, 0.2) is 0 Å². The average molecular weight is 355 g/mol. The highest BCUT2D eigenvalue weighted by Crippen LogP contribution is 2.38. The number of ether oxygens (including phenoxy) is 1. The SMILES string of the molecule is COc1ccc([C@H]2CC(c3cccs3)=NN2c2nc(C)cs2)cc1. The van der Waals surface area contributed by atoms with Gasteiger partial charge in [-0.25, -0.2) is 9.99 Å². The smallest absolute Gasteiger partial charge is 0.206 e. The molecule has 0 aliphatic carbocycles. The van der Waals surface area contributed by atoms with E-state index >= 15 is 0 Å². The molecule has 1 aromatic carbocycles. The summed E-state index contributed by atoms with van der Waals surface area (Å²) < 4.78 is 5.28. The molecule has 1 aliphatic rings. The van der Waals surface area contributed by atoms with Gasteiger partial charge in [-0.05, 0) is 36.1 Å². The molecule has 4 nitrogen and oxygen atoms in total. The van der Waals surface area contributed by atoms with Gasteiger partial charge in [-0.1, -0.05) is 18.2 Å². The van der Waals surface area contributed by atoms with Crippen LogP contribution in [0.4, 0.5) is 5.13 Å². The average Bonchev–Trinajstić information content (AvgIpc) is 3.34. The molecule has 0 saturated heterocycles. The van der Waals surface area contributed by atoms with Crippen molar-refractivity contribution in [1.82, 2.24) is 4.98 Å². The number of thiophene rings is 1. The summed E-state index contributed by atoms with van der Waals surface area (Å²) in [7, 11) is 1.69. The van der Waals surface area contributed by atoms with E-state index in [1.54, 1.807) is 29.8 Å². The van der Waals surface area contributed by atoms with Crippen LogP contribution in [0.25, 0.3) is 0 Å². The quantitative estimate of drug-likeness (QED) is 0.669. The first kappa shape index (κ1) is 15.4. The molecule has 6 heteroatoms. The van der Waals surface area contributed by atoms with Crippen molar-refractivity contribution in [2.24, 2.45) is 5.10 Å². The molecule has 2 aromatic heterocycles. The summed E-state index contributed by atoms with van der Waals surface area (Å²) in [6.07, 6.45) is 0.880. The van der Waals surface area contributed by atoms with E-state index in [9.17, 15) is 0 Å². The lowest BCUT2D eigenvalue weighted by Crippen LogP contribution is -2.18. The second kappa shape index (κ2) is 6.37. The topological polar surface area (TPSA) is 37.7 Å². The summed E-state index contributed by atoms with van der Waals surface area (Å²) in [5, 5.41) is 12.1. The van der Waals surface area contributed by atoms with E-state index < -0.39 is 0 Å². The maximum atomic E-state index is 5.28. The van der Waals surface area contributed by atoms with Crippen molar-refractivity contribution < 1.29 is 4.74 Å². The highest BCUT2D eigenvalue weighted by Gasteiger charge is 2.31. The maximum absolute atomic E-state index is 5.28. The van der Waals surface area contributed by atoms with Crippen molar-refractivity contribution in [3.8, 4) is 5.75 Å². The molecule has 0 bridgehead atoms. The van der Waals surface area contributed by atoms with E-state index in [0.717, 1.165) is 28.7 Å². The second-order valence-electron chi connectivity index (χ2n) is 5.63. The van der Waals surface area contributed by atoms with Crippen LogP contribution in [-0.4, -0.2) is 17.8 Å². The summed E-state index contributed by atoms with van der Waals surface area (Å²) in [4.78, 5) is 5.86. The van der Waals surface area contributed by atoms with Gasteiger partial charge >= 0.3 is 0 Å². The van der Waals surface area contributed by atoms with Crippen molar-refractivity contribution in [2.75, 3.05) is 12.1 Å². The summed E-state index contributed by atoms with van der Waals surface area (Å²) in [6.45, 7) is 2.02. The van der Waals surface area contributed by atoms with Gasteiger partial charge in [-0.3, -0.25) is 0 Å². The minimum atomic E-state index is 0.165. The predicted octanol–water partition coefficient (Wildman–Crippen LogP) is 4.88. The Bertz CT molecular complexity index is 853. The van der Waals surface area contributed by atoms with Crippen LogP contribution in [0, 0.1) is 6.92 Å². The van der Waals surface area contributed by atoms with Gasteiger partial charge in [0.1, 0.15) is 5.75 Å². The molecule has 24 heavy (non-hydrogen) atoms. The zero-order chi connectivity index (χ0) is 16.5. The number of hydrogen-bond acceptors (Lipinski definition) is 6. The predicted molar refractivity (Wildman–Crippen MR) is 101 cm³/mol. The monoisotopic (exact) mass is 355 g/mol. The Morgan fingerprint density at radius 3 is 2.62 bits per heavy atom. The molecule has 1 atom stereocenters. The fourth-order valence-corrected chi connectivity index (χ4v) is 4.33. The Labute approximate surface area is 149 Å². The van der Waals surface area contributed by atoms with E-state index in [-0.39, 0.29) is 6.04 Å². The van der Waals surface area contributed by atoms with E-state index in [1.807, 2.05) is 19.1 Å². The molecular weight excluding hydrogens is 338 g/mol. The third kappa shape index (κ3) is 2.83. The van der Waals surface area contributed by atoms with Crippen LogP contribution in [0.5, 0.6) is 5.75 Å². The van der Waals surface area contributed by atoms with Gasteiger partial charge in [-0.15, -0.1) is 22.7 Å². The Hall–Kier alpha value is -2.18. The Morgan fingerprint density at radius 1 is 1.17 bits per heavy atom. The number of hydrogen-bond donors (Lipinski definition) is 0. The molecule has 3 heterocycles. The van der Waals surface area contributed by atoms with E-state index in [1.165, 1.54) is 10.4 Å². The molecule has 0 amide bonds. The zero-order valence-corrected chi connectivity index (χ0v) is 15.1. The standard InChI is InChI=1S/C18H17N3OS2/c1-12-11-24-18(19-12)21-16(13-5-7-14(22-2)8-6-13)10-15(20-21)17-4-3-9-23-17/h3-9,11,16H,10H2,1-2H3/t16-/m1/s1. The number of nitrogens with zero attached hydrogens (tertiary/aromatic N) is 3. The van der Waals surface area contributed by atoms with Gasteiger partial charge in [0.05, 0.1) is 29.4 Å². The molecular formula is C18H17N3OS2. The third-order valence-corrected chi connectivity index (χ3v) is 5.89. The van der Waals surface area contributed by atoms with Crippen molar-refractivity contribution in [2.45, 2.75) is 19.4 Å². The van der Waals surface area contributed by atoms with E-state index in [2.05, 4.69) is 45.0 Å². The molecule has 122 valence electrons. The number of benzene rings is 1. The molecule has 0 radical (unpaired) electrons. The Kier molecular flexibility index (Phi) is 4.08. The van der Waals surface area contributed by atoms with Crippen LogP contribution >= 0.6 is 22.7 Å². The first-order valence-corrected chi connectivity index (χ1v) is 9.47. The second-order valence-corrected chi connectivity index (χ2v) is 7.42. The normalized spacial score (nSPS) is 17.2. The van der Waals surface area contributed by atoms with Crippen LogP contribution in [0.2, 0.25) is 0 Å². The molecule has 0 N–H and O–H groups in total. The first-order chi connectivity index (χ1) is 11.7. The number of anilines is 1. The Balaban J connectivity index is 1.71. The third-order valence-electron chi connectivity index (χ3n) is 4.02. The van der Waals surface area contributed by atoms with Gasteiger partial charge in [-0.2, -0.15) is 5.10 Å². The number of thiazole rings is 1. The summed E-state index contributed by atoms with van der Waals surface area (Å²) in [5.74, 6) is 0.868. The molecule has 0 unspecified atom stereocenters. The van der Waals surface area contributed by atoms with Gasteiger partial charge in [0.2, 0.25) is 5.13 Å². The number of aryl methyl sites for hydroxylation is 1. The molecule has 0 saturated carbocycles. The fourth-order valence-electron chi connectivity index (χ4n) is 2.81. The summed E-state index contributed by atoms with van der Waals surface area (Å²) in [6, 6.07) is 12.6. The molecule has 3 aromatic rings. The summed E-state index contributed by atoms with van der Waals surface area (Å²) >= 11 is 3.37. The molecule has 0 spiro atoms. The van der Waals surface area contributed by atoms with Crippen molar-refractivity contribution in [3.05, 3.63) is 63.3 Å². The largest absolute Gasteiger partial charge is 0.497 e. The fraction of sp³-hybridized carbons (Fsp3) is 0.222. The lowest BCUT2D eigenvalue weighted by atomic mass is 10.0. The van der Waals surface area contributed by atoms with Crippen molar-refractivity contribution in [3.63, 3.8) is 0 Å². The molecule has 4 rings (SSSR count). The minimum absolute atomic E-state index is 0.165.